The minimum Gasteiger partial charge on any atom is -0.352 e. The second kappa shape index (κ2) is 5.66. The molecular weight excluding hydrogens is 276 g/mol. The van der Waals surface area contributed by atoms with Crippen LogP contribution in [0.15, 0.2) is 12.7 Å². The van der Waals surface area contributed by atoms with Gasteiger partial charge in [0.2, 0.25) is 17.8 Å². The second-order valence-corrected chi connectivity index (χ2v) is 4.46. The van der Waals surface area contributed by atoms with E-state index in [1.165, 1.54) is 17.3 Å². The number of anilines is 2. The van der Waals surface area contributed by atoms with Crippen LogP contribution in [0.4, 0.5) is 11.9 Å². The quantitative estimate of drug-likeness (QED) is 0.365. The Hall–Kier alpha value is -2.82. The molecule has 1 aliphatic carbocycles. The van der Waals surface area contributed by atoms with Crippen LogP contribution >= 0.6 is 0 Å². The number of hydrogen-bond donors (Lipinski definition) is 4. The van der Waals surface area contributed by atoms with Gasteiger partial charge in [0, 0.05) is 6.04 Å². The van der Waals surface area contributed by atoms with Crippen molar-refractivity contribution >= 4 is 17.8 Å². The Morgan fingerprint density at radius 3 is 2.81 bits per heavy atom. The Morgan fingerprint density at radius 2 is 2.14 bits per heavy atom. The number of aromatic nitrogens is 6. The molecule has 0 radical (unpaired) electrons. The lowest BCUT2D eigenvalue weighted by Gasteiger charge is -2.08. The Kier molecular flexibility index (Phi) is 3.55. The van der Waals surface area contributed by atoms with Crippen LogP contribution in [-0.4, -0.2) is 48.2 Å². The smallest absolute Gasteiger partial charge is 0.258 e. The molecule has 0 atom stereocenters. The lowest BCUT2D eigenvalue weighted by molar-refractivity contribution is -0.119. The number of nitrogens with zero attached hydrogens (tertiary/aromatic N) is 6. The van der Waals surface area contributed by atoms with Crippen molar-refractivity contribution in [1.29, 1.82) is 0 Å². The highest BCUT2D eigenvalue weighted by Gasteiger charge is 2.23. The van der Waals surface area contributed by atoms with E-state index in [1.807, 2.05) is 0 Å². The fourth-order valence-corrected chi connectivity index (χ4v) is 1.59. The van der Waals surface area contributed by atoms with Crippen LogP contribution in [-0.2, 0) is 4.79 Å². The van der Waals surface area contributed by atoms with E-state index in [0.717, 1.165) is 12.8 Å². The monoisotopic (exact) mass is 290 g/mol. The van der Waals surface area contributed by atoms with E-state index in [0.29, 0.717) is 6.04 Å². The van der Waals surface area contributed by atoms with Crippen molar-refractivity contribution in [3.05, 3.63) is 12.7 Å². The number of carbonyl (C=O) groups excluding carboxylic acids is 1. The van der Waals surface area contributed by atoms with Gasteiger partial charge < -0.3 is 10.6 Å². The molecule has 21 heavy (non-hydrogen) atoms. The van der Waals surface area contributed by atoms with E-state index in [4.69, 9.17) is 5.84 Å². The average molecular weight is 290 g/mol. The molecule has 0 spiro atoms. The third-order valence-electron chi connectivity index (χ3n) is 2.73. The molecule has 11 heteroatoms. The summed E-state index contributed by atoms with van der Waals surface area (Å²) >= 11 is 0. The molecule has 1 saturated carbocycles. The van der Waals surface area contributed by atoms with Crippen LogP contribution in [0.5, 0.6) is 0 Å². The van der Waals surface area contributed by atoms with E-state index in [1.54, 1.807) is 0 Å². The number of amides is 1. The van der Waals surface area contributed by atoms with Gasteiger partial charge in [0.05, 0.1) is 6.54 Å². The van der Waals surface area contributed by atoms with E-state index in [9.17, 15) is 4.79 Å². The Labute approximate surface area is 119 Å². The molecule has 0 unspecified atom stereocenters. The van der Waals surface area contributed by atoms with Crippen molar-refractivity contribution in [2.75, 3.05) is 17.3 Å². The number of nitrogen functional groups attached to an aromatic ring is 1. The highest BCUT2D eigenvalue weighted by Crippen LogP contribution is 2.18. The molecule has 110 valence electrons. The first-order chi connectivity index (χ1) is 10.2. The van der Waals surface area contributed by atoms with Crippen molar-refractivity contribution in [2.24, 2.45) is 5.84 Å². The first-order valence-electron chi connectivity index (χ1n) is 6.35. The maximum absolute atomic E-state index is 11.6. The van der Waals surface area contributed by atoms with E-state index < -0.39 is 0 Å². The Bertz CT molecular complexity index is 623. The molecule has 2 heterocycles. The molecule has 2 aromatic heterocycles. The summed E-state index contributed by atoms with van der Waals surface area (Å²) in [6.45, 7) is 0.0708. The third kappa shape index (κ3) is 3.39. The molecule has 1 amide bonds. The van der Waals surface area contributed by atoms with Gasteiger partial charge in [-0.2, -0.15) is 24.7 Å². The van der Waals surface area contributed by atoms with Gasteiger partial charge in [-0.05, 0) is 12.8 Å². The molecule has 0 aliphatic heterocycles. The van der Waals surface area contributed by atoms with Crippen LogP contribution in [0.1, 0.15) is 12.8 Å². The molecule has 0 aromatic carbocycles. The van der Waals surface area contributed by atoms with Crippen molar-refractivity contribution in [3.8, 4) is 5.95 Å². The Morgan fingerprint density at radius 1 is 1.33 bits per heavy atom. The molecule has 3 rings (SSSR count). The van der Waals surface area contributed by atoms with Gasteiger partial charge in [-0.1, -0.05) is 0 Å². The SMILES string of the molecule is NNc1nc(NCC(=O)NC2CC2)nc(-n2cncn2)n1. The lowest BCUT2D eigenvalue weighted by Crippen LogP contribution is -2.32. The average Bonchev–Trinajstić information content (AvgIpc) is 3.14. The minimum absolute atomic E-state index is 0.0708. The van der Waals surface area contributed by atoms with Gasteiger partial charge >= 0.3 is 0 Å². The van der Waals surface area contributed by atoms with E-state index in [2.05, 4.69) is 41.1 Å². The summed E-state index contributed by atoms with van der Waals surface area (Å²) in [5.41, 5.74) is 2.34. The molecule has 11 nitrogen and oxygen atoms in total. The van der Waals surface area contributed by atoms with Crippen LogP contribution in [0, 0.1) is 0 Å². The molecule has 5 N–H and O–H groups in total. The summed E-state index contributed by atoms with van der Waals surface area (Å²) in [7, 11) is 0. The lowest BCUT2D eigenvalue weighted by atomic mass is 10.5. The highest BCUT2D eigenvalue weighted by molar-refractivity contribution is 5.80. The van der Waals surface area contributed by atoms with Crippen molar-refractivity contribution < 1.29 is 4.79 Å². The second-order valence-electron chi connectivity index (χ2n) is 4.46. The zero-order chi connectivity index (χ0) is 14.7. The first kappa shape index (κ1) is 13.2. The molecule has 0 saturated heterocycles. The molecule has 1 fully saturated rings. The van der Waals surface area contributed by atoms with Gasteiger partial charge in [0.1, 0.15) is 12.7 Å². The van der Waals surface area contributed by atoms with Gasteiger partial charge in [0.15, 0.2) is 0 Å². The largest absolute Gasteiger partial charge is 0.352 e. The third-order valence-corrected chi connectivity index (χ3v) is 2.73. The van der Waals surface area contributed by atoms with Gasteiger partial charge in [-0.25, -0.2) is 10.8 Å². The van der Waals surface area contributed by atoms with Crippen LogP contribution < -0.4 is 21.9 Å². The summed E-state index contributed by atoms with van der Waals surface area (Å²) in [5.74, 6) is 5.81. The van der Waals surface area contributed by atoms with Crippen molar-refractivity contribution in [1.82, 2.24) is 35.0 Å². The number of carbonyl (C=O) groups is 1. The van der Waals surface area contributed by atoms with Crippen LogP contribution in [0.3, 0.4) is 0 Å². The van der Waals surface area contributed by atoms with Gasteiger partial charge in [-0.3, -0.25) is 10.2 Å². The van der Waals surface area contributed by atoms with Gasteiger partial charge in [-0.15, -0.1) is 0 Å². The summed E-state index contributed by atoms with van der Waals surface area (Å²) in [6, 6.07) is 0.310. The first-order valence-corrected chi connectivity index (χ1v) is 6.35. The summed E-state index contributed by atoms with van der Waals surface area (Å²) in [5, 5.41) is 9.60. The number of nitrogens with one attached hydrogen (secondary N) is 3. The summed E-state index contributed by atoms with van der Waals surface area (Å²) in [6.07, 6.45) is 4.87. The predicted octanol–water partition coefficient (Wildman–Crippen LogP) is -1.57. The summed E-state index contributed by atoms with van der Waals surface area (Å²) < 4.78 is 1.36. The highest BCUT2D eigenvalue weighted by atomic mass is 16.2. The number of rotatable bonds is 6. The Balaban J connectivity index is 1.71. The molecule has 1 aliphatic rings. The molecule has 0 bridgehead atoms. The predicted molar refractivity (Wildman–Crippen MR) is 72.2 cm³/mol. The molecule has 2 aromatic rings. The van der Waals surface area contributed by atoms with E-state index >= 15 is 0 Å². The fourth-order valence-electron chi connectivity index (χ4n) is 1.59. The summed E-state index contributed by atoms with van der Waals surface area (Å²) in [4.78, 5) is 27.6. The maximum Gasteiger partial charge on any atom is 0.258 e. The standard InChI is InChI=1S/C10H14N10O/c11-19-9-16-8(13-3-7(21)15-6-1-2-6)17-10(18-9)20-5-12-4-14-20/h4-6H,1-3,11H2,(H,15,21)(H2,13,16,17,18,19). The topological polar surface area (TPSA) is 149 Å². The number of hydrogen-bond acceptors (Lipinski definition) is 9. The number of nitrogens with two attached hydrogens (primary N) is 1. The van der Waals surface area contributed by atoms with Crippen molar-refractivity contribution in [2.45, 2.75) is 18.9 Å². The van der Waals surface area contributed by atoms with Gasteiger partial charge in [0.25, 0.3) is 5.95 Å². The maximum atomic E-state index is 11.6. The zero-order valence-corrected chi connectivity index (χ0v) is 11.0. The van der Waals surface area contributed by atoms with Crippen LogP contribution in [0.25, 0.3) is 5.95 Å². The minimum atomic E-state index is -0.109. The fraction of sp³-hybridized carbons (Fsp3) is 0.400. The van der Waals surface area contributed by atoms with Crippen LogP contribution in [0.2, 0.25) is 0 Å². The van der Waals surface area contributed by atoms with E-state index in [-0.39, 0.29) is 30.3 Å². The normalized spacial score (nSPS) is 13.8. The number of hydrazine groups is 1. The zero-order valence-electron chi connectivity index (χ0n) is 11.0. The molecular formula is C10H14N10O. The van der Waals surface area contributed by atoms with Crippen molar-refractivity contribution in [3.63, 3.8) is 0 Å².